The van der Waals surface area contributed by atoms with Crippen molar-refractivity contribution in [1.29, 1.82) is 10.7 Å². The second-order valence-corrected chi connectivity index (χ2v) is 5.54. The highest BCUT2D eigenvalue weighted by atomic mass is 16.1. The van der Waals surface area contributed by atoms with Crippen LogP contribution in [0.5, 0.6) is 0 Å². The van der Waals surface area contributed by atoms with Crippen molar-refractivity contribution >= 4 is 22.8 Å². The lowest BCUT2D eigenvalue weighted by atomic mass is 10.1. The Kier molecular flexibility index (Phi) is 3.55. The van der Waals surface area contributed by atoms with Gasteiger partial charge in [-0.05, 0) is 18.9 Å². The molecule has 1 fully saturated rings. The van der Waals surface area contributed by atoms with Gasteiger partial charge in [-0.15, -0.1) is 0 Å². The van der Waals surface area contributed by atoms with E-state index in [0.717, 1.165) is 31.9 Å². The molecule has 0 aromatic carbocycles. The first-order valence-corrected chi connectivity index (χ1v) is 7.30. The minimum atomic E-state index is -0.262. The minimum Gasteiger partial charge on any atom is -0.398 e. The molecule has 3 rings (SSSR count). The molecule has 6 nitrogen and oxygen atoms in total. The molecule has 2 aromatic rings. The zero-order valence-corrected chi connectivity index (χ0v) is 12.1. The van der Waals surface area contributed by atoms with Crippen LogP contribution >= 0.6 is 0 Å². The van der Waals surface area contributed by atoms with E-state index in [0.29, 0.717) is 27.7 Å². The summed E-state index contributed by atoms with van der Waals surface area (Å²) in [5.41, 5.74) is 7.78. The first-order valence-electron chi connectivity index (χ1n) is 7.30. The second kappa shape index (κ2) is 5.53. The van der Waals surface area contributed by atoms with Gasteiger partial charge in [0.2, 0.25) is 0 Å². The van der Waals surface area contributed by atoms with Gasteiger partial charge < -0.3 is 20.7 Å². The zero-order chi connectivity index (χ0) is 15.7. The molecule has 0 saturated heterocycles. The van der Waals surface area contributed by atoms with E-state index in [2.05, 4.69) is 11.1 Å². The molecule has 112 valence electrons. The highest BCUT2D eigenvalue weighted by Gasteiger charge is 2.24. The number of nitrogens with two attached hydrogens (primary N) is 1. The number of aromatic nitrogens is 2. The van der Waals surface area contributed by atoms with Crippen LogP contribution in [0, 0.1) is 16.7 Å². The number of allylic oxidation sites excluding steroid dienone is 1. The van der Waals surface area contributed by atoms with Crippen LogP contribution in [0.2, 0.25) is 0 Å². The molecular formula is C16H17N5O. The van der Waals surface area contributed by atoms with Gasteiger partial charge in [-0.1, -0.05) is 12.8 Å². The fourth-order valence-electron chi connectivity index (χ4n) is 3.26. The molecule has 0 spiro atoms. The number of nitriles is 1. The third-order valence-electron chi connectivity index (χ3n) is 4.27. The van der Waals surface area contributed by atoms with Crippen LogP contribution in [-0.2, 0) is 0 Å². The van der Waals surface area contributed by atoms with Crippen LogP contribution in [0.1, 0.15) is 42.9 Å². The Balaban J connectivity index is 2.38. The van der Waals surface area contributed by atoms with Crippen molar-refractivity contribution < 1.29 is 0 Å². The molecule has 0 bridgehead atoms. The summed E-state index contributed by atoms with van der Waals surface area (Å²) in [6.07, 6.45) is 10.2. The van der Waals surface area contributed by atoms with E-state index in [1.807, 2.05) is 10.8 Å². The number of hydrogen-bond donors (Lipinski definition) is 3. The highest BCUT2D eigenvalue weighted by Crippen LogP contribution is 2.35. The molecule has 0 atom stereocenters. The number of rotatable bonds is 3. The zero-order valence-electron chi connectivity index (χ0n) is 12.1. The van der Waals surface area contributed by atoms with Crippen molar-refractivity contribution in [3.63, 3.8) is 0 Å². The molecule has 22 heavy (non-hydrogen) atoms. The molecule has 1 aliphatic carbocycles. The number of hydrogen-bond acceptors (Lipinski definition) is 4. The molecule has 0 amide bonds. The molecular weight excluding hydrogens is 278 g/mol. The van der Waals surface area contributed by atoms with Gasteiger partial charge in [-0.25, -0.2) is 0 Å². The van der Waals surface area contributed by atoms with Crippen molar-refractivity contribution in [1.82, 2.24) is 9.55 Å². The van der Waals surface area contributed by atoms with Crippen LogP contribution in [-0.4, -0.2) is 15.8 Å². The Morgan fingerprint density at radius 2 is 2.23 bits per heavy atom. The molecule has 6 heteroatoms. The summed E-state index contributed by atoms with van der Waals surface area (Å²) in [4.78, 5) is 14.9. The summed E-state index contributed by atoms with van der Waals surface area (Å²) in [5.74, 6) is 0. The minimum absolute atomic E-state index is 0.262. The molecule has 1 aliphatic rings. The summed E-state index contributed by atoms with van der Waals surface area (Å²) < 4.78 is 2.02. The van der Waals surface area contributed by atoms with Crippen LogP contribution < -0.4 is 11.3 Å². The van der Waals surface area contributed by atoms with Crippen LogP contribution in [0.4, 0.5) is 0 Å². The maximum Gasteiger partial charge on any atom is 0.258 e. The summed E-state index contributed by atoms with van der Waals surface area (Å²) in [6.45, 7) is 0. The van der Waals surface area contributed by atoms with Gasteiger partial charge in [0.05, 0.1) is 16.5 Å². The van der Waals surface area contributed by atoms with Crippen LogP contribution in [0.15, 0.2) is 23.3 Å². The summed E-state index contributed by atoms with van der Waals surface area (Å²) in [6, 6.07) is 2.44. The number of aromatic amines is 1. The number of pyridine rings is 1. The van der Waals surface area contributed by atoms with E-state index in [-0.39, 0.29) is 11.6 Å². The largest absolute Gasteiger partial charge is 0.398 e. The van der Waals surface area contributed by atoms with Crippen molar-refractivity contribution in [2.75, 3.05) is 0 Å². The summed E-state index contributed by atoms with van der Waals surface area (Å²) in [7, 11) is 0. The van der Waals surface area contributed by atoms with Crippen molar-refractivity contribution in [3.8, 4) is 6.07 Å². The third kappa shape index (κ3) is 2.11. The predicted molar refractivity (Wildman–Crippen MR) is 85.7 cm³/mol. The van der Waals surface area contributed by atoms with Gasteiger partial charge in [0.15, 0.2) is 0 Å². The van der Waals surface area contributed by atoms with Gasteiger partial charge >= 0.3 is 0 Å². The molecule has 2 heterocycles. The standard InChI is InChI=1S/C16H17N5O/c17-6-5-13(19)12-9-21(11-3-1-2-4-11)15-10(7-18)8-20-16(22)14(12)15/h5-6,8-9,11,17H,1-4,19H2,(H,20,22)/b13-5-,17-6?. The Hall–Kier alpha value is -2.81. The molecule has 4 N–H and O–H groups in total. The second-order valence-electron chi connectivity index (χ2n) is 5.54. The SMILES string of the molecule is N#Cc1c[nH]c(=O)c2c(/C(N)=C/C=N)cn(C3CCCC3)c12. The lowest BCUT2D eigenvalue weighted by Crippen LogP contribution is -2.10. The third-order valence-corrected chi connectivity index (χ3v) is 4.27. The Bertz CT molecular complexity index is 859. The molecule has 2 aromatic heterocycles. The number of nitrogens with one attached hydrogen (secondary N) is 2. The first kappa shape index (κ1) is 14.1. The molecule has 0 aliphatic heterocycles. The average molecular weight is 295 g/mol. The average Bonchev–Trinajstić information content (AvgIpc) is 3.15. The van der Waals surface area contributed by atoms with Crippen molar-refractivity contribution in [2.45, 2.75) is 31.7 Å². The highest BCUT2D eigenvalue weighted by molar-refractivity contribution is 5.97. The normalized spacial score (nSPS) is 16.0. The van der Waals surface area contributed by atoms with E-state index in [4.69, 9.17) is 11.1 Å². The van der Waals surface area contributed by atoms with Crippen molar-refractivity contribution in [2.24, 2.45) is 5.73 Å². The molecule has 1 saturated carbocycles. The lowest BCUT2D eigenvalue weighted by Gasteiger charge is -2.13. The predicted octanol–water partition coefficient (Wildman–Crippen LogP) is 2.27. The Morgan fingerprint density at radius 3 is 2.86 bits per heavy atom. The Labute approximate surface area is 127 Å². The monoisotopic (exact) mass is 295 g/mol. The van der Waals surface area contributed by atoms with Crippen molar-refractivity contribution in [3.05, 3.63) is 40.0 Å². The van der Waals surface area contributed by atoms with E-state index >= 15 is 0 Å². The Morgan fingerprint density at radius 1 is 1.50 bits per heavy atom. The van der Waals surface area contributed by atoms with E-state index in [1.165, 1.54) is 12.3 Å². The lowest BCUT2D eigenvalue weighted by molar-refractivity contribution is 0.535. The maximum atomic E-state index is 12.3. The summed E-state index contributed by atoms with van der Waals surface area (Å²) in [5, 5.41) is 17.0. The van der Waals surface area contributed by atoms with Gasteiger partial charge in [-0.2, -0.15) is 5.26 Å². The smallest absolute Gasteiger partial charge is 0.258 e. The maximum absolute atomic E-state index is 12.3. The van der Waals surface area contributed by atoms with E-state index < -0.39 is 0 Å². The van der Waals surface area contributed by atoms with E-state index in [9.17, 15) is 10.1 Å². The first-order chi connectivity index (χ1) is 10.7. The molecule has 0 radical (unpaired) electrons. The van der Waals surface area contributed by atoms with Gasteiger partial charge in [-0.3, -0.25) is 4.79 Å². The fourth-order valence-corrected chi connectivity index (χ4v) is 3.26. The van der Waals surface area contributed by atoms with Gasteiger partial charge in [0.25, 0.3) is 5.56 Å². The van der Waals surface area contributed by atoms with Crippen LogP contribution in [0.25, 0.3) is 16.6 Å². The summed E-state index contributed by atoms with van der Waals surface area (Å²) >= 11 is 0. The fraction of sp³-hybridized carbons (Fsp3) is 0.312. The van der Waals surface area contributed by atoms with Crippen LogP contribution in [0.3, 0.4) is 0 Å². The topological polar surface area (TPSA) is 111 Å². The number of fused-ring (bicyclic) bond motifs is 1. The molecule has 0 unspecified atom stereocenters. The van der Waals surface area contributed by atoms with E-state index in [1.54, 1.807) is 0 Å². The van der Waals surface area contributed by atoms with Gasteiger partial charge in [0, 0.05) is 35.9 Å². The van der Waals surface area contributed by atoms with Gasteiger partial charge in [0.1, 0.15) is 6.07 Å². The number of H-pyrrole nitrogens is 1. The number of nitrogens with zero attached hydrogens (tertiary/aromatic N) is 2. The quantitative estimate of drug-likeness (QED) is 0.755.